The Morgan fingerprint density at radius 3 is 1.24 bits per heavy atom. The zero-order chi connectivity index (χ0) is 52.7. The summed E-state index contributed by atoms with van der Waals surface area (Å²) in [7, 11) is 1.31. The summed E-state index contributed by atoms with van der Waals surface area (Å²) in [4.78, 5) is 25.4. The second kappa shape index (κ2) is 53.8. The zero-order valence-electron chi connectivity index (χ0n) is 47.9. The molecule has 420 valence electrons. The van der Waals surface area contributed by atoms with Gasteiger partial charge in [-0.1, -0.05) is 273 Å². The Hall–Kier alpha value is -2.06. The summed E-state index contributed by atoms with van der Waals surface area (Å²) in [5, 5.41) is 13.9. The summed E-state index contributed by atoms with van der Waals surface area (Å²) in [5.74, 6) is -0.165. The van der Waals surface area contributed by atoms with Crippen molar-refractivity contribution in [3.63, 3.8) is 0 Å². The molecule has 3 atom stereocenters. The molecule has 0 heterocycles. The molecule has 8 nitrogen and oxygen atoms in total. The van der Waals surface area contributed by atoms with E-state index in [1.54, 1.807) is 0 Å². The second-order valence-corrected chi connectivity index (χ2v) is 23.1. The number of likely N-dealkylation sites (N-methyl/N-ethyl adjacent to an activating group) is 1. The molecule has 0 aromatic heterocycles. The lowest BCUT2D eigenvalue weighted by Crippen LogP contribution is -2.46. The highest BCUT2D eigenvalue weighted by molar-refractivity contribution is 7.45. The normalized spacial score (nSPS) is 14.4. The smallest absolute Gasteiger partial charge is 0.268 e. The van der Waals surface area contributed by atoms with Crippen molar-refractivity contribution in [3.05, 3.63) is 72.9 Å². The average molecular weight is 1030 g/mol. The number of rotatable bonds is 55. The molecule has 0 aromatic rings. The number of aliphatic hydroxyl groups excluding tert-OH is 1. The van der Waals surface area contributed by atoms with Gasteiger partial charge in [-0.2, -0.15) is 0 Å². The summed E-state index contributed by atoms with van der Waals surface area (Å²) >= 11 is 0. The summed E-state index contributed by atoms with van der Waals surface area (Å²) < 4.78 is 23.3. The van der Waals surface area contributed by atoms with Crippen molar-refractivity contribution >= 4 is 13.7 Å². The molecule has 0 bridgehead atoms. The van der Waals surface area contributed by atoms with Gasteiger partial charge in [0.25, 0.3) is 7.82 Å². The number of nitrogens with one attached hydrogen (secondary N) is 1. The number of carbonyl (C=O) groups is 1. The lowest BCUT2D eigenvalue weighted by molar-refractivity contribution is -0.870. The van der Waals surface area contributed by atoms with Crippen molar-refractivity contribution in [3.8, 4) is 0 Å². The molecule has 0 spiro atoms. The van der Waals surface area contributed by atoms with E-state index in [-0.39, 0.29) is 19.1 Å². The maximum atomic E-state index is 12.9. The Labute approximate surface area is 446 Å². The number of quaternary nitrogens is 1. The molecule has 1 amide bonds. The molecule has 0 aromatic carbocycles. The van der Waals surface area contributed by atoms with Gasteiger partial charge < -0.3 is 28.8 Å². The molecule has 0 fully saturated rings. The van der Waals surface area contributed by atoms with Crippen molar-refractivity contribution in [1.29, 1.82) is 0 Å². The fourth-order valence-electron chi connectivity index (χ4n) is 8.75. The first-order valence-electron chi connectivity index (χ1n) is 30.3. The van der Waals surface area contributed by atoms with Crippen LogP contribution in [0.2, 0.25) is 0 Å². The minimum Gasteiger partial charge on any atom is -0.756 e. The van der Waals surface area contributed by atoms with Crippen LogP contribution in [0.3, 0.4) is 0 Å². The molecule has 0 saturated carbocycles. The van der Waals surface area contributed by atoms with Gasteiger partial charge in [0.2, 0.25) is 5.91 Å². The van der Waals surface area contributed by atoms with Crippen LogP contribution < -0.4 is 10.2 Å². The molecule has 0 aliphatic rings. The van der Waals surface area contributed by atoms with Gasteiger partial charge in [-0.3, -0.25) is 9.36 Å². The number of aliphatic hydroxyl groups is 1. The van der Waals surface area contributed by atoms with E-state index in [4.69, 9.17) is 9.05 Å². The van der Waals surface area contributed by atoms with E-state index in [1.165, 1.54) is 167 Å². The highest BCUT2D eigenvalue weighted by Gasteiger charge is 2.24. The van der Waals surface area contributed by atoms with Gasteiger partial charge in [0, 0.05) is 6.42 Å². The number of carbonyl (C=O) groups excluding carboxylic acids is 1. The van der Waals surface area contributed by atoms with Gasteiger partial charge >= 0.3 is 0 Å². The van der Waals surface area contributed by atoms with Gasteiger partial charge in [0.05, 0.1) is 39.9 Å². The molecule has 0 radical (unpaired) electrons. The Bertz CT molecular complexity index is 1400. The van der Waals surface area contributed by atoms with E-state index in [2.05, 4.69) is 92.1 Å². The summed E-state index contributed by atoms with van der Waals surface area (Å²) in [6.45, 7) is 4.59. The molecule has 72 heavy (non-hydrogen) atoms. The van der Waals surface area contributed by atoms with Gasteiger partial charge in [0.15, 0.2) is 0 Å². The topological polar surface area (TPSA) is 108 Å². The number of amides is 1. The first-order chi connectivity index (χ1) is 35.0. The van der Waals surface area contributed by atoms with Crippen LogP contribution in [0.15, 0.2) is 72.9 Å². The molecule has 0 aliphatic heterocycles. The molecule has 2 N–H and O–H groups in total. The van der Waals surface area contributed by atoms with E-state index >= 15 is 0 Å². The van der Waals surface area contributed by atoms with Crippen LogP contribution in [0.1, 0.15) is 271 Å². The minimum atomic E-state index is -4.56. The fourth-order valence-corrected chi connectivity index (χ4v) is 9.47. The van der Waals surface area contributed by atoms with Crippen LogP contribution in [0.25, 0.3) is 0 Å². The van der Waals surface area contributed by atoms with Crippen LogP contribution in [0, 0.1) is 0 Å². The Morgan fingerprint density at radius 2 is 0.847 bits per heavy atom. The number of unbranched alkanes of at least 4 members (excludes halogenated alkanes) is 30. The number of hydrogen-bond acceptors (Lipinski definition) is 6. The number of hydrogen-bond donors (Lipinski definition) is 2. The summed E-state index contributed by atoms with van der Waals surface area (Å²) in [6.07, 6.45) is 74.1. The van der Waals surface area contributed by atoms with Crippen LogP contribution >= 0.6 is 7.82 Å². The Kier molecular flexibility index (Phi) is 52.2. The quantitative estimate of drug-likeness (QED) is 0.0272. The van der Waals surface area contributed by atoms with Crippen LogP contribution in [0.5, 0.6) is 0 Å². The van der Waals surface area contributed by atoms with Gasteiger partial charge in [-0.05, 0) is 64.2 Å². The first-order valence-corrected chi connectivity index (χ1v) is 31.7. The van der Waals surface area contributed by atoms with Crippen molar-refractivity contribution in [2.45, 2.75) is 283 Å². The zero-order valence-corrected chi connectivity index (χ0v) is 48.8. The Balaban J connectivity index is 3.80. The lowest BCUT2D eigenvalue weighted by Gasteiger charge is -2.30. The van der Waals surface area contributed by atoms with Crippen LogP contribution in [0.4, 0.5) is 0 Å². The number of phosphoric acid groups is 1. The van der Waals surface area contributed by atoms with Crippen LogP contribution in [-0.4, -0.2) is 68.5 Å². The van der Waals surface area contributed by atoms with Crippen molar-refractivity contribution in [2.24, 2.45) is 0 Å². The van der Waals surface area contributed by atoms with E-state index in [0.29, 0.717) is 23.9 Å². The SMILES string of the molecule is CC/C=C\C/C=C\C/C=C\C/C=C\C/C=C\C/C=C\CCCCCCCCCCCCCCCCCCCCCCCCC(=O)NC(COP(=O)([O-])OCC[N+](C)(C)C)C(O)CCCCCCCCCCC. The largest absolute Gasteiger partial charge is 0.756 e. The molecule has 3 unspecified atom stereocenters. The molecule has 0 aliphatic carbocycles. The molecule has 0 rings (SSSR count). The highest BCUT2D eigenvalue weighted by atomic mass is 31.2. The number of phosphoric ester groups is 1. The monoisotopic (exact) mass is 1030 g/mol. The predicted octanol–water partition coefficient (Wildman–Crippen LogP) is 18.0. The third-order valence-corrected chi connectivity index (χ3v) is 14.4. The van der Waals surface area contributed by atoms with E-state index in [0.717, 1.165) is 77.0 Å². The van der Waals surface area contributed by atoms with Crippen molar-refractivity contribution in [1.82, 2.24) is 5.32 Å². The average Bonchev–Trinajstić information content (AvgIpc) is 3.34. The van der Waals surface area contributed by atoms with E-state index in [1.807, 2.05) is 21.1 Å². The highest BCUT2D eigenvalue weighted by Crippen LogP contribution is 2.38. The molecular weight excluding hydrogens is 912 g/mol. The van der Waals surface area contributed by atoms with E-state index < -0.39 is 20.0 Å². The van der Waals surface area contributed by atoms with Crippen molar-refractivity contribution in [2.75, 3.05) is 40.9 Å². The third kappa shape index (κ3) is 55.7. The number of nitrogens with zero attached hydrogens (tertiary/aromatic N) is 1. The standard InChI is InChI=1S/C63H117N2O6P/c1-6-8-10-12-14-16-17-18-19-20-21-22-23-24-25-26-27-28-29-30-31-32-33-34-35-36-37-38-39-40-41-42-43-44-45-46-47-49-51-53-55-57-63(67)64-61(60-71-72(68,69)70-59-58-65(3,4)5)62(66)56-54-52-50-48-15-13-11-9-7-2/h8,10,14,16,18-19,21-22,24-25,27-28,61-62,66H,6-7,9,11-13,15,17,20,23,26,29-60H2,1-5H3,(H-,64,67,68,69)/b10-8-,16-14-,19-18-,22-21-,25-24-,28-27-. The second-order valence-electron chi connectivity index (χ2n) is 21.7. The third-order valence-electron chi connectivity index (χ3n) is 13.5. The van der Waals surface area contributed by atoms with Crippen LogP contribution in [-0.2, 0) is 18.4 Å². The van der Waals surface area contributed by atoms with E-state index in [9.17, 15) is 19.4 Å². The minimum absolute atomic E-state index is 0.0122. The number of allylic oxidation sites excluding steroid dienone is 12. The van der Waals surface area contributed by atoms with Gasteiger partial charge in [-0.25, -0.2) is 0 Å². The van der Waals surface area contributed by atoms with Gasteiger partial charge in [-0.15, -0.1) is 0 Å². The fraction of sp³-hybridized carbons (Fsp3) is 0.794. The maximum Gasteiger partial charge on any atom is 0.268 e. The molecule has 0 saturated heterocycles. The molecular formula is C63H117N2O6P. The first kappa shape index (κ1) is 69.9. The van der Waals surface area contributed by atoms with Crippen molar-refractivity contribution < 1.29 is 32.9 Å². The maximum absolute atomic E-state index is 12.9. The lowest BCUT2D eigenvalue weighted by atomic mass is 10.0. The van der Waals surface area contributed by atoms with Gasteiger partial charge in [0.1, 0.15) is 13.2 Å². The summed E-state index contributed by atoms with van der Waals surface area (Å²) in [5.41, 5.74) is 0. The Morgan fingerprint density at radius 1 is 0.500 bits per heavy atom. The predicted molar refractivity (Wildman–Crippen MR) is 311 cm³/mol. The summed E-state index contributed by atoms with van der Waals surface area (Å²) in [6, 6.07) is -0.798. The molecule has 9 heteroatoms.